The summed E-state index contributed by atoms with van der Waals surface area (Å²) in [5.41, 5.74) is 2.85. The number of morpholine rings is 1. The standard InChI is InChI=1S/C30H43N3O3/c1-24-10-8-17-33(24)18-9-20-34-27-15-13-25(14-16-27)28(31-36-30(2,3)4)22-32-19-21-35-29(23-32)26-11-6-5-7-12-26/h5-7,11-16,24,29H,8-10,17-23H2,1-4H3/b31-28+/t24-,29?/m1/s1. The highest BCUT2D eigenvalue weighted by atomic mass is 16.6. The average molecular weight is 494 g/mol. The monoisotopic (exact) mass is 493 g/mol. The van der Waals surface area contributed by atoms with Gasteiger partial charge in [-0.1, -0.05) is 35.5 Å². The van der Waals surface area contributed by atoms with Crippen molar-refractivity contribution in [2.75, 3.05) is 45.9 Å². The van der Waals surface area contributed by atoms with Gasteiger partial charge in [-0.15, -0.1) is 0 Å². The van der Waals surface area contributed by atoms with Crippen molar-refractivity contribution < 1.29 is 14.3 Å². The molecule has 0 saturated carbocycles. The molecule has 2 aromatic rings. The molecule has 6 heteroatoms. The van der Waals surface area contributed by atoms with Crippen molar-refractivity contribution in [2.24, 2.45) is 5.16 Å². The Hall–Kier alpha value is -2.41. The van der Waals surface area contributed by atoms with E-state index in [2.05, 4.69) is 58.3 Å². The summed E-state index contributed by atoms with van der Waals surface area (Å²) in [7, 11) is 0. The van der Waals surface area contributed by atoms with E-state index in [-0.39, 0.29) is 11.7 Å². The van der Waals surface area contributed by atoms with Gasteiger partial charge in [0.15, 0.2) is 0 Å². The largest absolute Gasteiger partial charge is 0.494 e. The molecular weight excluding hydrogens is 450 g/mol. The maximum atomic E-state index is 6.06. The third-order valence-corrected chi connectivity index (χ3v) is 6.86. The van der Waals surface area contributed by atoms with E-state index in [9.17, 15) is 0 Å². The molecular formula is C30H43N3O3. The average Bonchev–Trinajstić information content (AvgIpc) is 3.29. The minimum absolute atomic E-state index is 0.0732. The second-order valence-electron chi connectivity index (χ2n) is 11.0. The normalized spacial score (nSPS) is 22.1. The van der Waals surface area contributed by atoms with Gasteiger partial charge in [-0.25, -0.2) is 0 Å². The Labute approximate surface area is 217 Å². The SMILES string of the molecule is C[C@@H]1CCCN1CCCOc1ccc(/C(CN2CCOC(c3ccccc3)C2)=N/OC(C)(C)C)cc1. The molecule has 0 spiro atoms. The summed E-state index contributed by atoms with van der Waals surface area (Å²) < 4.78 is 12.1. The van der Waals surface area contributed by atoms with Gasteiger partial charge in [0, 0.05) is 37.8 Å². The first kappa shape index (κ1) is 26.6. The summed E-state index contributed by atoms with van der Waals surface area (Å²) in [5, 5.41) is 4.60. The second-order valence-corrected chi connectivity index (χ2v) is 11.0. The second kappa shape index (κ2) is 12.7. The van der Waals surface area contributed by atoms with Crippen LogP contribution < -0.4 is 4.74 Å². The van der Waals surface area contributed by atoms with Crippen LogP contribution in [0.2, 0.25) is 0 Å². The van der Waals surface area contributed by atoms with Crippen LogP contribution in [0.25, 0.3) is 0 Å². The van der Waals surface area contributed by atoms with Crippen LogP contribution in [-0.2, 0) is 9.57 Å². The first-order valence-electron chi connectivity index (χ1n) is 13.5. The molecule has 2 aliphatic rings. The molecule has 0 bridgehead atoms. The molecule has 1 unspecified atom stereocenters. The molecule has 0 amide bonds. The van der Waals surface area contributed by atoms with Crippen molar-refractivity contribution >= 4 is 5.71 Å². The van der Waals surface area contributed by atoms with E-state index in [1.54, 1.807) is 0 Å². The van der Waals surface area contributed by atoms with Crippen molar-refractivity contribution in [3.8, 4) is 5.75 Å². The third-order valence-electron chi connectivity index (χ3n) is 6.86. The molecule has 2 aromatic carbocycles. The van der Waals surface area contributed by atoms with Gasteiger partial charge in [0.1, 0.15) is 17.1 Å². The summed E-state index contributed by atoms with van der Waals surface area (Å²) in [4.78, 5) is 10.8. The van der Waals surface area contributed by atoms with Crippen LogP contribution in [0, 0.1) is 0 Å². The highest BCUT2D eigenvalue weighted by molar-refractivity contribution is 6.01. The lowest BCUT2D eigenvalue weighted by Gasteiger charge is -2.33. The van der Waals surface area contributed by atoms with Crippen molar-refractivity contribution in [1.82, 2.24) is 9.80 Å². The maximum Gasteiger partial charge on any atom is 0.129 e. The van der Waals surface area contributed by atoms with E-state index in [0.29, 0.717) is 19.2 Å². The lowest BCUT2D eigenvalue weighted by molar-refractivity contribution is -0.0262. The lowest BCUT2D eigenvalue weighted by atomic mass is 10.1. The molecule has 2 saturated heterocycles. The van der Waals surface area contributed by atoms with Crippen LogP contribution in [0.15, 0.2) is 59.8 Å². The van der Waals surface area contributed by atoms with Crippen LogP contribution in [-0.4, -0.2) is 73.1 Å². The fourth-order valence-corrected chi connectivity index (χ4v) is 4.82. The molecule has 2 aliphatic heterocycles. The van der Waals surface area contributed by atoms with E-state index in [1.165, 1.54) is 24.9 Å². The Morgan fingerprint density at radius 2 is 1.83 bits per heavy atom. The highest BCUT2D eigenvalue weighted by Crippen LogP contribution is 2.23. The van der Waals surface area contributed by atoms with Gasteiger partial charge in [0.25, 0.3) is 0 Å². The fourth-order valence-electron chi connectivity index (χ4n) is 4.82. The zero-order valence-electron chi connectivity index (χ0n) is 22.5. The lowest BCUT2D eigenvalue weighted by Crippen LogP contribution is -2.41. The van der Waals surface area contributed by atoms with Gasteiger partial charge in [-0.05, 0) is 83.3 Å². The van der Waals surface area contributed by atoms with Crippen LogP contribution >= 0.6 is 0 Å². The Bertz CT molecular complexity index is 956. The van der Waals surface area contributed by atoms with E-state index in [4.69, 9.17) is 14.3 Å². The Balaban J connectivity index is 1.36. The van der Waals surface area contributed by atoms with E-state index >= 15 is 0 Å². The third kappa shape index (κ3) is 8.05. The number of hydrogen-bond donors (Lipinski definition) is 0. The fraction of sp³-hybridized carbons (Fsp3) is 0.567. The predicted molar refractivity (Wildman–Crippen MR) is 146 cm³/mol. The number of nitrogens with zero attached hydrogens (tertiary/aromatic N) is 3. The molecule has 6 nitrogen and oxygen atoms in total. The van der Waals surface area contributed by atoms with Crippen molar-refractivity contribution in [3.05, 3.63) is 65.7 Å². The minimum Gasteiger partial charge on any atom is -0.494 e. The minimum atomic E-state index is -0.348. The summed E-state index contributed by atoms with van der Waals surface area (Å²) in [5.74, 6) is 0.903. The molecule has 4 rings (SSSR count). The van der Waals surface area contributed by atoms with Crippen LogP contribution in [0.4, 0.5) is 0 Å². The Kier molecular flexibility index (Phi) is 9.41. The number of oxime groups is 1. The van der Waals surface area contributed by atoms with E-state index < -0.39 is 0 Å². The van der Waals surface area contributed by atoms with E-state index in [0.717, 1.165) is 49.7 Å². The zero-order chi connectivity index (χ0) is 25.4. The van der Waals surface area contributed by atoms with Gasteiger partial charge in [-0.3, -0.25) is 4.90 Å². The van der Waals surface area contributed by atoms with Gasteiger partial charge in [0.2, 0.25) is 0 Å². The van der Waals surface area contributed by atoms with Crippen molar-refractivity contribution in [1.29, 1.82) is 0 Å². The van der Waals surface area contributed by atoms with Gasteiger partial charge < -0.3 is 19.2 Å². The molecule has 2 heterocycles. The number of benzene rings is 2. The van der Waals surface area contributed by atoms with Crippen LogP contribution in [0.5, 0.6) is 5.75 Å². The smallest absolute Gasteiger partial charge is 0.129 e. The number of rotatable bonds is 10. The van der Waals surface area contributed by atoms with Crippen molar-refractivity contribution in [3.63, 3.8) is 0 Å². The molecule has 0 aliphatic carbocycles. The molecule has 2 atom stereocenters. The van der Waals surface area contributed by atoms with Gasteiger partial charge in [-0.2, -0.15) is 0 Å². The molecule has 2 fully saturated rings. The molecule has 0 N–H and O–H groups in total. The van der Waals surface area contributed by atoms with Crippen LogP contribution in [0.3, 0.4) is 0 Å². The van der Waals surface area contributed by atoms with Gasteiger partial charge in [0.05, 0.1) is 19.3 Å². The van der Waals surface area contributed by atoms with Crippen molar-refractivity contribution in [2.45, 2.75) is 64.7 Å². The summed E-state index contributed by atoms with van der Waals surface area (Å²) in [6, 6.07) is 19.4. The zero-order valence-corrected chi connectivity index (χ0v) is 22.5. The van der Waals surface area contributed by atoms with Gasteiger partial charge >= 0.3 is 0 Å². The molecule has 36 heavy (non-hydrogen) atoms. The topological polar surface area (TPSA) is 46.5 Å². The number of hydrogen-bond acceptors (Lipinski definition) is 6. The number of likely N-dealkylation sites (tertiary alicyclic amines) is 1. The summed E-state index contributed by atoms with van der Waals surface area (Å²) in [6.45, 7) is 14.6. The highest BCUT2D eigenvalue weighted by Gasteiger charge is 2.24. The summed E-state index contributed by atoms with van der Waals surface area (Å²) >= 11 is 0. The Morgan fingerprint density at radius 3 is 2.53 bits per heavy atom. The number of ether oxygens (including phenoxy) is 2. The predicted octanol–water partition coefficient (Wildman–Crippen LogP) is 5.53. The quantitative estimate of drug-likeness (QED) is 0.247. The van der Waals surface area contributed by atoms with Crippen LogP contribution in [0.1, 0.15) is 64.2 Å². The molecule has 0 aromatic heterocycles. The Morgan fingerprint density at radius 1 is 1.06 bits per heavy atom. The first-order valence-corrected chi connectivity index (χ1v) is 13.5. The molecule has 196 valence electrons. The summed E-state index contributed by atoms with van der Waals surface area (Å²) in [6.07, 6.45) is 3.77. The first-order chi connectivity index (χ1) is 17.4. The maximum absolute atomic E-state index is 6.06. The molecule has 0 radical (unpaired) electrons. The van der Waals surface area contributed by atoms with E-state index in [1.807, 2.05) is 39.0 Å².